The molecule has 0 saturated heterocycles. The third-order valence-corrected chi connectivity index (χ3v) is 5.36. The molecular weight excluding hydrogens is 493 g/mol. The molecule has 188 valence electrons. The lowest BCUT2D eigenvalue weighted by Gasteiger charge is -2.11. The first-order chi connectivity index (χ1) is 17.8. The maximum atomic E-state index is 14.0. The zero-order valence-electron chi connectivity index (χ0n) is 19.0. The molecule has 1 aromatic heterocycles. The standard InChI is InChI=1S/C27H18F5N3O2/c28-22-18(23(29)25(31)26(32)24(22)30)12-21(37)35-27-19(11-8-15-4-2-1-3-5-15)34-20(13-33-27)17-9-6-16(14-36)7-10-17/h1-11,13,36H,12,14H2,(H,33,35,37)/b11-8+. The van der Waals surface area contributed by atoms with Crippen molar-refractivity contribution in [2.24, 2.45) is 0 Å². The monoisotopic (exact) mass is 511 g/mol. The zero-order chi connectivity index (χ0) is 26.5. The summed E-state index contributed by atoms with van der Waals surface area (Å²) >= 11 is 0. The molecule has 0 radical (unpaired) electrons. The molecule has 0 atom stereocenters. The molecule has 0 spiro atoms. The van der Waals surface area contributed by atoms with Gasteiger partial charge in [0.15, 0.2) is 29.1 Å². The highest BCUT2D eigenvalue weighted by molar-refractivity contribution is 5.93. The Labute approximate surface area is 208 Å². The highest BCUT2D eigenvalue weighted by Gasteiger charge is 2.27. The third-order valence-electron chi connectivity index (χ3n) is 5.36. The van der Waals surface area contributed by atoms with Gasteiger partial charge in [0.2, 0.25) is 11.7 Å². The summed E-state index contributed by atoms with van der Waals surface area (Å²) in [4.78, 5) is 21.2. The molecule has 37 heavy (non-hydrogen) atoms. The molecule has 4 rings (SSSR count). The van der Waals surface area contributed by atoms with Gasteiger partial charge in [-0.2, -0.15) is 0 Å². The van der Waals surface area contributed by atoms with E-state index in [4.69, 9.17) is 0 Å². The normalized spacial score (nSPS) is 11.2. The summed E-state index contributed by atoms with van der Waals surface area (Å²) < 4.78 is 68.4. The van der Waals surface area contributed by atoms with Crippen LogP contribution in [0.4, 0.5) is 27.8 Å². The predicted molar refractivity (Wildman–Crippen MR) is 127 cm³/mol. The minimum absolute atomic E-state index is 0.0863. The maximum absolute atomic E-state index is 14.0. The number of amides is 1. The number of carbonyl (C=O) groups is 1. The Balaban J connectivity index is 1.66. The van der Waals surface area contributed by atoms with Gasteiger partial charge in [-0.05, 0) is 17.2 Å². The number of hydrogen-bond acceptors (Lipinski definition) is 4. The van der Waals surface area contributed by atoms with Crippen molar-refractivity contribution < 1.29 is 31.9 Å². The molecule has 0 unspecified atom stereocenters. The quantitative estimate of drug-likeness (QED) is 0.190. The fourth-order valence-electron chi connectivity index (χ4n) is 3.42. The molecule has 0 fully saturated rings. The van der Waals surface area contributed by atoms with Crippen LogP contribution in [-0.2, 0) is 17.8 Å². The number of aliphatic hydroxyl groups is 1. The third kappa shape index (κ3) is 5.70. The molecule has 2 N–H and O–H groups in total. The zero-order valence-corrected chi connectivity index (χ0v) is 19.0. The molecule has 0 bridgehead atoms. The molecule has 3 aromatic carbocycles. The summed E-state index contributed by atoms with van der Waals surface area (Å²) in [6, 6.07) is 16.0. The van der Waals surface area contributed by atoms with E-state index >= 15 is 0 Å². The average molecular weight is 511 g/mol. The molecule has 10 heteroatoms. The maximum Gasteiger partial charge on any atom is 0.230 e. The first-order valence-corrected chi connectivity index (χ1v) is 10.9. The Hall–Kier alpha value is -4.44. The van der Waals surface area contributed by atoms with Gasteiger partial charge in [-0.1, -0.05) is 60.7 Å². The summed E-state index contributed by atoms with van der Waals surface area (Å²) in [7, 11) is 0. The fourth-order valence-corrected chi connectivity index (χ4v) is 3.42. The molecule has 0 saturated carbocycles. The van der Waals surface area contributed by atoms with E-state index in [2.05, 4.69) is 15.3 Å². The number of halogens is 5. The smallest absolute Gasteiger partial charge is 0.230 e. The minimum atomic E-state index is -2.30. The second-order valence-electron chi connectivity index (χ2n) is 7.86. The topological polar surface area (TPSA) is 75.1 Å². The lowest BCUT2D eigenvalue weighted by atomic mass is 10.1. The highest BCUT2D eigenvalue weighted by Crippen LogP contribution is 2.25. The van der Waals surface area contributed by atoms with E-state index in [0.717, 1.165) is 5.56 Å². The van der Waals surface area contributed by atoms with Gasteiger partial charge >= 0.3 is 0 Å². The molecule has 5 nitrogen and oxygen atoms in total. The van der Waals surface area contributed by atoms with E-state index in [0.29, 0.717) is 16.8 Å². The van der Waals surface area contributed by atoms with E-state index in [9.17, 15) is 31.9 Å². The van der Waals surface area contributed by atoms with Crippen LogP contribution in [0.5, 0.6) is 0 Å². The summed E-state index contributed by atoms with van der Waals surface area (Å²) in [6.45, 7) is -0.134. The number of carbonyl (C=O) groups excluding carboxylic acids is 1. The molecule has 1 heterocycles. The second kappa shape index (κ2) is 11.1. The van der Waals surface area contributed by atoms with Gasteiger partial charge in [-0.3, -0.25) is 4.79 Å². The molecule has 0 aliphatic rings. The van der Waals surface area contributed by atoms with Crippen LogP contribution in [-0.4, -0.2) is 21.0 Å². The fraction of sp³-hybridized carbons (Fsp3) is 0.0741. The predicted octanol–water partition coefficient (Wildman–Crippen LogP) is 5.68. The lowest BCUT2D eigenvalue weighted by molar-refractivity contribution is -0.115. The SMILES string of the molecule is O=C(Cc1c(F)c(F)c(F)c(F)c1F)Nc1ncc(-c2ccc(CO)cc2)nc1/C=C/c1ccccc1. The summed E-state index contributed by atoms with van der Waals surface area (Å²) in [5.41, 5.74) is 1.51. The molecule has 0 aliphatic heterocycles. The Morgan fingerprint density at radius 1 is 0.838 bits per heavy atom. The van der Waals surface area contributed by atoms with E-state index in [1.807, 2.05) is 30.3 Å². The van der Waals surface area contributed by atoms with Crippen LogP contribution < -0.4 is 5.32 Å². The van der Waals surface area contributed by atoms with Gasteiger partial charge in [0.25, 0.3) is 0 Å². The number of nitrogens with zero attached hydrogens (tertiary/aromatic N) is 2. The summed E-state index contributed by atoms with van der Waals surface area (Å²) in [6.07, 6.45) is 3.48. The van der Waals surface area contributed by atoms with Crippen LogP contribution in [0.3, 0.4) is 0 Å². The Bertz CT molecular complexity index is 1450. The van der Waals surface area contributed by atoms with Gasteiger partial charge in [0.1, 0.15) is 5.69 Å². The van der Waals surface area contributed by atoms with E-state index in [-0.39, 0.29) is 18.1 Å². The number of hydrogen-bond donors (Lipinski definition) is 2. The minimum Gasteiger partial charge on any atom is -0.392 e. The first-order valence-electron chi connectivity index (χ1n) is 10.9. The summed E-state index contributed by atoms with van der Waals surface area (Å²) in [5.74, 6) is -11.9. The largest absolute Gasteiger partial charge is 0.392 e. The molecular formula is C27H18F5N3O2. The summed E-state index contributed by atoms with van der Waals surface area (Å²) in [5, 5.41) is 11.6. The number of rotatable bonds is 7. The second-order valence-corrected chi connectivity index (χ2v) is 7.86. The van der Waals surface area contributed by atoms with Crippen LogP contribution in [0.1, 0.15) is 22.4 Å². The van der Waals surface area contributed by atoms with Crippen molar-refractivity contribution in [2.75, 3.05) is 5.32 Å². The van der Waals surface area contributed by atoms with Gasteiger partial charge < -0.3 is 10.4 Å². The molecule has 1 amide bonds. The average Bonchev–Trinajstić information content (AvgIpc) is 2.93. The van der Waals surface area contributed by atoms with Crippen molar-refractivity contribution in [3.8, 4) is 11.3 Å². The van der Waals surface area contributed by atoms with Crippen molar-refractivity contribution in [2.45, 2.75) is 13.0 Å². The van der Waals surface area contributed by atoms with E-state index in [1.54, 1.807) is 36.4 Å². The number of benzene rings is 3. The van der Waals surface area contributed by atoms with Gasteiger partial charge in [0.05, 0.1) is 24.9 Å². The molecule has 4 aromatic rings. The van der Waals surface area contributed by atoms with Crippen LogP contribution in [0.2, 0.25) is 0 Å². The van der Waals surface area contributed by atoms with Crippen molar-refractivity contribution in [3.05, 3.63) is 112 Å². The number of nitrogens with one attached hydrogen (secondary N) is 1. The number of aliphatic hydroxyl groups excluding tert-OH is 1. The lowest BCUT2D eigenvalue weighted by Crippen LogP contribution is -2.20. The van der Waals surface area contributed by atoms with Crippen LogP contribution >= 0.6 is 0 Å². The van der Waals surface area contributed by atoms with Crippen molar-refractivity contribution >= 4 is 23.9 Å². The van der Waals surface area contributed by atoms with Gasteiger partial charge in [-0.25, -0.2) is 31.9 Å². The van der Waals surface area contributed by atoms with Crippen molar-refractivity contribution in [3.63, 3.8) is 0 Å². The number of anilines is 1. The highest BCUT2D eigenvalue weighted by atomic mass is 19.2. The van der Waals surface area contributed by atoms with Crippen molar-refractivity contribution in [1.82, 2.24) is 9.97 Å². The first kappa shape index (κ1) is 25.6. The van der Waals surface area contributed by atoms with Gasteiger partial charge in [-0.15, -0.1) is 0 Å². The van der Waals surface area contributed by atoms with Crippen molar-refractivity contribution in [1.29, 1.82) is 0 Å². The van der Waals surface area contributed by atoms with E-state index < -0.39 is 47.0 Å². The van der Waals surface area contributed by atoms with E-state index in [1.165, 1.54) is 6.20 Å². The Morgan fingerprint density at radius 2 is 1.46 bits per heavy atom. The van der Waals surface area contributed by atoms with Crippen LogP contribution in [0.25, 0.3) is 23.4 Å². The van der Waals surface area contributed by atoms with Crippen LogP contribution in [0, 0.1) is 29.1 Å². The Morgan fingerprint density at radius 3 is 2.08 bits per heavy atom. The Kier molecular flexibility index (Phi) is 7.69. The number of aromatic nitrogens is 2. The van der Waals surface area contributed by atoms with Gasteiger partial charge in [0, 0.05) is 11.1 Å². The molecule has 0 aliphatic carbocycles. The van der Waals surface area contributed by atoms with Crippen LogP contribution in [0.15, 0.2) is 60.8 Å².